The van der Waals surface area contributed by atoms with E-state index < -0.39 is 6.23 Å². The lowest BCUT2D eigenvalue weighted by molar-refractivity contribution is -0.122. The number of aldehydes is 1. The van der Waals surface area contributed by atoms with Gasteiger partial charge >= 0.3 is 0 Å². The number of aliphatic hydroxyl groups excluding tert-OH is 1. The Balaban J connectivity index is 3.35. The van der Waals surface area contributed by atoms with Crippen LogP contribution in [0.25, 0.3) is 0 Å². The standard InChI is InChI=1S/C8H17NO2/c1-3-4-5-6-9(2)8(11)7-10/h7-8,11H,3-6H2,1-2H3. The fourth-order valence-corrected chi connectivity index (χ4v) is 0.847. The van der Waals surface area contributed by atoms with Crippen LogP contribution in [-0.2, 0) is 4.79 Å². The maximum Gasteiger partial charge on any atom is 0.163 e. The van der Waals surface area contributed by atoms with Gasteiger partial charge in [-0.25, -0.2) is 0 Å². The van der Waals surface area contributed by atoms with Crippen LogP contribution in [0.2, 0.25) is 0 Å². The summed E-state index contributed by atoms with van der Waals surface area (Å²) < 4.78 is 0. The van der Waals surface area contributed by atoms with Gasteiger partial charge in [0.1, 0.15) is 0 Å². The molecule has 1 atom stereocenters. The minimum Gasteiger partial charge on any atom is -0.371 e. The summed E-state index contributed by atoms with van der Waals surface area (Å²) in [7, 11) is 1.74. The molecule has 11 heavy (non-hydrogen) atoms. The number of nitrogens with zero attached hydrogens (tertiary/aromatic N) is 1. The highest BCUT2D eigenvalue weighted by molar-refractivity contribution is 5.54. The van der Waals surface area contributed by atoms with Crippen molar-refractivity contribution >= 4 is 6.29 Å². The van der Waals surface area contributed by atoms with E-state index in [2.05, 4.69) is 6.92 Å². The number of rotatable bonds is 6. The number of unbranched alkanes of at least 4 members (excludes halogenated alkanes) is 2. The van der Waals surface area contributed by atoms with Crippen LogP contribution in [0.4, 0.5) is 0 Å². The zero-order valence-corrected chi connectivity index (χ0v) is 7.29. The quantitative estimate of drug-likeness (QED) is 0.351. The molecule has 3 nitrogen and oxygen atoms in total. The zero-order chi connectivity index (χ0) is 8.69. The van der Waals surface area contributed by atoms with Crippen LogP contribution in [0.1, 0.15) is 26.2 Å². The van der Waals surface area contributed by atoms with Gasteiger partial charge < -0.3 is 5.11 Å². The number of likely N-dealkylation sites (N-methyl/N-ethyl adjacent to an activating group) is 1. The number of carbonyl (C=O) groups is 1. The Morgan fingerprint density at radius 2 is 2.18 bits per heavy atom. The topological polar surface area (TPSA) is 40.5 Å². The molecule has 0 amide bonds. The van der Waals surface area contributed by atoms with E-state index in [-0.39, 0.29) is 0 Å². The minimum atomic E-state index is -0.924. The first kappa shape index (κ1) is 10.6. The molecule has 0 bridgehead atoms. The Labute approximate surface area is 68.0 Å². The van der Waals surface area contributed by atoms with Crippen molar-refractivity contribution in [2.45, 2.75) is 32.4 Å². The largest absolute Gasteiger partial charge is 0.371 e. The highest BCUT2D eigenvalue weighted by Gasteiger charge is 2.07. The van der Waals surface area contributed by atoms with E-state index in [0.717, 1.165) is 25.8 Å². The maximum absolute atomic E-state index is 10.1. The molecule has 1 N–H and O–H groups in total. The van der Waals surface area contributed by atoms with Gasteiger partial charge in [-0.2, -0.15) is 0 Å². The molecule has 0 saturated carbocycles. The van der Waals surface area contributed by atoms with Gasteiger partial charge in [0.05, 0.1) is 0 Å². The minimum absolute atomic E-state index is 0.548. The Morgan fingerprint density at radius 3 is 2.64 bits per heavy atom. The summed E-state index contributed by atoms with van der Waals surface area (Å²) >= 11 is 0. The number of aliphatic hydroxyl groups is 1. The third kappa shape index (κ3) is 4.93. The van der Waals surface area contributed by atoms with Gasteiger partial charge in [-0.15, -0.1) is 0 Å². The normalized spacial score (nSPS) is 13.5. The van der Waals surface area contributed by atoms with Gasteiger partial charge in [-0.1, -0.05) is 19.8 Å². The maximum atomic E-state index is 10.1. The summed E-state index contributed by atoms with van der Waals surface area (Å²) in [4.78, 5) is 11.7. The van der Waals surface area contributed by atoms with E-state index in [1.165, 1.54) is 0 Å². The smallest absolute Gasteiger partial charge is 0.163 e. The predicted octanol–water partition coefficient (Wildman–Crippen LogP) is 0.626. The van der Waals surface area contributed by atoms with E-state index in [9.17, 15) is 4.79 Å². The lowest BCUT2D eigenvalue weighted by atomic mass is 10.2. The average Bonchev–Trinajstić information content (AvgIpc) is 2.03. The molecule has 0 aromatic heterocycles. The summed E-state index contributed by atoms with van der Waals surface area (Å²) in [6.45, 7) is 2.91. The van der Waals surface area contributed by atoms with Crippen LogP contribution < -0.4 is 0 Å². The Hall–Kier alpha value is -0.410. The van der Waals surface area contributed by atoms with E-state index >= 15 is 0 Å². The van der Waals surface area contributed by atoms with Crippen LogP contribution in [0.15, 0.2) is 0 Å². The van der Waals surface area contributed by atoms with Crippen LogP contribution in [0.5, 0.6) is 0 Å². The fourth-order valence-electron chi connectivity index (χ4n) is 0.847. The molecule has 0 spiro atoms. The van der Waals surface area contributed by atoms with Crippen molar-refractivity contribution in [3.63, 3.8) is 0 Å². The summed E-state index contributed by atoms with van der Waals surface area (Å²) in [5.41, 5.74) is 0. The molecule has 66 valence electrons. The zero-order valence-electron chi connectivity index (χ0n) is 7.29. The lowest BCUT2D eigenvalue weighted by Gasteiger charge is -2.17. The molecule has 0 saturated heterocycles. The fraction of sp³-hybridized carbons (Fsp3) is 0.875. The highest BCUT2D eigenvalue weighted by atomic mass is 16.3. The van der Waals surface area contributed by atoms with E-state index in [1.807, 2.05) is 0 Å². The second kappa shape index (κ2) is 6.31. The Kier molecular flexibility index (Phi) is 6.07. The van der Waals surface area contributed by atoms with Gasteiger partial charge in [0.25, 0.3) is 0 Å². The number of carbonyl (C=O) groups excluding carboxylic acids is 1. The van der Waals surface area contributed by atoms with Gasteiger partial charge in [0.2, 0.25) is 0 Å². The number of hydrogen-bond acceptors (Lipinski definition) is 3. The van der Waals surface area contributed by atoms with Gasteiger partial charge in [0.15, 0.2) is 12.5 Å². The van der Waals surface area contributed by atoms with Crippen molar-refractivity contribution in [2.24, 2.45) is 0 Å². The van der Waals surface area contributed by atoms with E-state index in [0.29, 0.717) is 6.29 Å². The van der Waals surface area contributed by atoms with Crippen molar-refractivity contribution in [3.8, 4) is 0 Å². The van der Waals surface area contributed by atoms with Crippen LogP contribution in [-0.4, -0.2) is 36.1 Å². The van der Waals surface area contributed by atoms with Crippen molar-refractivity contribution < 1.29 is 9.90 Å². The first-order valence-corrected chi connectivity index (χ1v) is 4.06. The Bertz CT molecular complexity index is 106. The number of hydrogen-bond donors (Lipinski definition) is 1. The van der Waals surface area contributed by atoms with Crippen molar-refractivity contribution in [2.75, 3.05) is 13.6 Å². The molecule has 0 radical (unpaired) electrons. The average molecular weight is 159 g/mol. The van der Waals surface area contributed by atoms with E-state index in [4.69, 9.17) is 5.11 Å². The second-order valence-electron chi connectivity index (χ2n) is 2.74. The molecule has 0 aliphatic heterocycles. The van der Waals surface area contributed by atoms with E-state index in [1.54, 1.807) is 11.9 Å². The first-order chi connectivity index (χ1) is 5.22. The van der Waals surface area contributed by atoms with Crippen molar-refractivity contribution in [3.05, 3.63) is 0 Å². The van der Waals surface area contributed by atoms with Crippen molar-refractivity contribution in [1.82, 2.24) is 4.90 Å². The van der Waals surface area contributed by atoms with Gasteiger partial charge in [-0.05, 0) is 13.5 Å². The second-order valence-corrected chi connectivity index (χ2v) is 2.74. The summed E-state index contributed by atoms with van der Waals surface area (Å²) in [5, 5.41) is 8.98. The van der Waals surface area contributed by atoms with Crippen LogP contribution in [0, 0.1) is 0 Å². The predicted molar refractivity (Wildman–Crippen MR) is 44.2 cm³/mol. The van der Waals surface area contributed by atoms with Crippen molar-refractivity contribution in [1.29, 1.82) is 0 Å². The van der Waals surface area contributed by atoms with Gasteiger partial charge in [0, 0.05) is 6.54 Å². The molecule has 3 heteroatoms. The molecule has 0 heterocycles. The van der Waals surface area contributed by atoms with Crippen LogP contribution >= 0.6 is 0 Å². The molecule has 0 aromatic rings. The molecular formula is C8H17NO2. The van der Waals surface area contributed by atoms with Crippen LogP contribution in [0.3, 0.4) is 0 Å². The SMILES string of the molecule is CCCCCN(C)C(O)C=O. The highest BCUT2D eigenvalue weighted by Crippen LogP contribution is 1.97. The molecule has 0 aromatic carbocycles. The monoisotopic (exact) mass is 159 g/mol. The molecular weight excluding hydrogens is 142 g/mol. The molecule has 0 aliphatic carbocycles. The third-order valence-electron chi connectivity index (χ3n) is 1.69. The first-order valence-electron chi connectivity index (χ1n) is 4.06. The third-order valence-corrected chi connectivity index (χ3v) is 1.69. The molecule has 0 aliphatic rings. The summed E-state index contributed by atoms with van der Waals surface area (Å²) in [6, 6.07) is 0. The summed E-state index contributed by atoms with van der Waals surface area (Å²) in [6.07, 6.45) is 2.97. The molecule has 0 fully saturated rings. The van der Waals surface area contributed by atoms with Gasteiger partial charge in [-0.3, -0.25) is 9.69 Å². The Morgan fingerprint density at radius 1 is 1.55 bits per heavy atom. The molecule has 1 unspecified atom stereocenters. The molecule has 0 rings (SSSR count). The lowest BCUT2D eigenvalue weighted by Crippen LogP contribution is -2.33. The summed E-state index contributed by atoms with van der Waals surface area (Å²) in [5.74, 6) is 0.